The summed E-state index contributed by atoms with van der Waals surface area (Å²) in [6, 6.07) is -0.889. The van der Waals surface area contributed by atoms with Crippen molar-refractivity contribution in [2.75, 3.05) is 7.05 Å². The van der Waals surface area contributed by atoms with Crippen molar-refractivity contribution in [1.29, 1.82) is 0 Å². The van der Waals surface area contributed by atoms with Gasteiger partial charge in [-0.1, -0.05) is 65.2 Å². The van der Waals surface area contributed by atoms with E-state index in [1.165, 1.54) is 57.4 Å². The van der Waals surface area contributed by atoms with Crippen molar-refractivity contribution in [1.82, 2.24) is 4.90 Å². The molecule has 1 rings (SSSR count). The number of amides is 1. The maximum Gasteiger partial charge on any atom is 0.261 e. The van der Waals surface area contributed by atoms with Crippen LogP contribution in [0.15, 0.2) is 11.3 Å². The molecule has 0 spiro atoms. The molecule has 1 aliphatic rings. The fourth-order valence-corrected chi connectivity index (χ4v) is 3.48. The Morgan fingerprint density at radius 2 is 1.56 bits per heavy atom. The summed E-state index contributed by atoms with van der Waals surface area (Å²) < 4.78 is 0. The van der Waals surface area contributed by atoms with Gasteiger partial charge in [-0.25, -0.2) is 0 Å². The molecule has 1 amide bonds. The molecule has 1 aliphatic heterocycles. The molecule has 3 unspecified atom stereocenters. The van der Waals surface area contributed by atoms with Crippen molar-refractivity contribution in [2.45, 2.75) is 90.7 Å². The molecule has 0 radical (unpaired) electrons. The zero-order valence-corrected chi connectivity index (χ0v) is 16.3. The first-order valence-electron chi connectivity index (χ1n) is 9.75. The molecule has 0 aromatic carbocycles. The van der Waals surface area contributed by atoms with Crippen LogP contribution in [0.25, 0.3) is 0 Å². The lowest BCUT2D eigenvalue weighted by Crippen LogP contribution is -2.40. The van der Waals surface area contributed by atoms with E-state index in [2.05, 4.69) is 6.92 Å². The third-order valence-corrected chi connectivity index (χ3v) is 5.14. The van der Waals surface area contributed by atoms with Crippen molar-refractivity contribution in [3.8, 4) is 0 Å². The van der Waals surface area contributed by atoms with Gasteiger partial charge in [0.15, 0.2) is 5.78 Å². The molecule has 0 bridgehead atoms. The summed E-state index contributed by atoms with van der Waals surface area (Å²) in [5.41, 5.74) is -0.138. The summed E-state index contributed by atoms with van der Waals surface area (Å²) in [4.78, 5) is 25.9. The van der Waals surface area contributed by atoms with Gasteiger partial charge in [0.2, 0.25) is 0 Å². The number of Topliss-reactive ketones (excluding diaryl/α,β-unsaturated/α-hetero) is 1. The second-order valence-electron chi connectivity index (χ2n) is 7.39. The molecule has 1 fully saturated rings. The Morgan fingerprint density at radius 3 is 2.04 bits per heavy atom. The number of ketones is 1. The van der Waals surface area contributed by atoms with Crippen LogP contribution in [0.1, 0.15) is 78.6 Å². The SMILES string of the molecule is CCCCCCCCCCC(C)/C(O)=C1/C(=O)C(C(C)O)N(C)C1=O. The number of hydrogen-bond acceptors (Lipinski definition) is 4. The molecule has 1 saturated heterocycles. The van der Waals surface area contributed by atoms with Crippen LogP contribution in [-0.2, 0) is 9.59 Å². The van der Waals surface area contributed by atoms with Gasteiger partial charge in [0.1, 0.15) is 17.4 Å². The van der Waals surface area contributed by atoms with Crippen LogP contribution in [0.5, 0.6) is 0 Å². The summed E-state index contributed by atoms with van der Waals surface area (Å²) in [5, 5.41) is 20.1. The maximum absolute atomic E-state index is 12.4. The number of rotatable bonds is 11. The minimum absolute atomic E-state index is 0.118. The zero-order chi connectivity index (χ0) is 19.0. The van der Waals surface area contributed by atoms with Crippen molar-refractivity contribution >= 4 is 11.7 Å². The quantitative estimate of drug-likeness (QED) is 0.257. The Kier molecular flexibility index (Phi) is 9.19. The predicted octanol–water partition coefficient (Wildman–Crippen LogP) is 3.76. The van der Waals surface area contributed by atoms with E-state index in [-0.39, 0.29) is 17.3 Å². The molecular formula is C20H35NO4. The van der Waals surface area contributed by atoms with Gasteiger partial charge in [0.25, 0.3) is 5.91 Å². The number of likely N-dealkylation sites (tertiary alicyclic amines) is 1. The fourth-order valence-electron chi connectivity index (χ4n) is 3.48. The van der Waals surface area contributed by atoms with Crippen LogP contribution in [0.4, 0.5) is 0 Å². The van der Waals surface area contributed by atoms with E-state index in [4.69, 9.17) is 0 Å². The largest absolute Gasteiger partial charge is 0.511 e. The lowest BCUT2D eigenvalue weighted by atomic mass is 9.95. The van der Waals surface area contributed by atoms with E-state index in [0.29, 0.717) is 0 Å². The topological polar surface area (TPSA) is 77.8 Å². The third kappa shape index (κ3) is 5.84. The molecule has 0 aromatic heterocycles. The standard InChI is InChI=1S/C20H35NO4/c1-5-6-7-8-9-10-11-12-13-14(2)18(23)16-19(24)17(15(3)22)21(4)20(16)25/h14-15,17,22-23H,5-13H2,1-4H3/b18-16+. The van der Waals surface area contributed by atoms with E-state index in [0.717, 1.165) is 19.3 Å². The first-order valence-corrected chi connectivity index (χ1v) is 9.75. The lowest BCUT2D eigenvalue weighted by molar-refractivity contribution is -0.128. The van der Waals surface area contributed by atoms with Gasteiger partial charge in [-0.2, -0.15) is 0 Å². The summed E-state index contributed by atoms with van der Waals surface area (Å²) in [7, 11) is 1.49. The monoisotopic (exact) mass is 353 g/mol. The predicted molar refractivity (Wildman–Crippen MR) is 99.3 cm³/mol. The highest BCUT2D eigenvalue weighted by molar-refractivity contribution is 6.26. The molecule has 1 heterocycles. The van der Waals surface area contributed by atoms with Crippen LogP contribution < -0.4 is 0 Å². The number of allylic oxidation sites excluding steroid dienone is 1. The maximum atomic E-state index is 12.4. The number of nitrogens with zero attached hydrogens (tertiary/aromatic N) is 1. The molecule has 0 saturated carbocycles. The van der Waals surface area contributed by atoms with Crippen molar-refractivity contribution < 1.29 is 19.8 Å². The second kappa shape index (κ2) is 10.6. The molecule has 144 valence electrons. The number of likely N-dealkylation sites (N-methyl/N-ethyl adjacent to an activating group) is 1. The Labute approximate surface area is 152 Å². The van der Waals surface area contributed by atoms with Crippen LogP contribution in [0.3, 0.4) is 0 Å². The number of aliphatic hydroxyl groups excluding tert-OH is 2. The summed E-state index contributed by atoms with van der Waals surface area (Å²) in [6.45, 7) is 5.54. The first kappa shape index (κ1) is 21.7. The third-order valence-electron chi connectivity index (χ3n) is 5.14. The average Bonchev–Trinajstić information content (AvgIpc) is 2.78. The van der Waals surface area contributed by atoms with Gasteiger partial charge >= 0.3 is 0 Å². The molecule has 0 aromatic rings. The van der Waals surface area contributed by atoms with E-state index in [1.807, 2.05) is 6.92 Å². The number of carbonyl (C=O) groups excluding carboxylic acids is 2. The Hall–Kier alpha value is -1.36. The smallest absolute Gasteiger partial charge is 0.261 e. The molecule has 5 heteroatoms. The molecule has 5 nitrogen and oxygen atoms in total. The average molecular weight is 354 g/mol. The number of hydrogen-bond donors (Lipinski definition) is 2. The molecule has 3 atom stereocenters. The normalized spacial score (nSPS) is 22.4. The number of aliphatic hydroxyl groups is 2. The lowest BCUT2D eigenvalue weighted by Gasteiger charge is -2.19. The van der Waals surface area contributed by atoms with Crippen LogP contribution in [0, 0.1) is 5.92 Å². The highest BCUT2D eigenvalue weighted by Gasteiger charge is 2.45. The van der Waals surface area contributed by atoms with Crippen molar-refractivity contribution in [3.63, 3.8) is 0 Å². The van der Waals surface area contributed by atoms with Crippen molar-refractivity contribution in [3.05, 3.63) is 11.3 Å². The van der Waals surface area contributed by atoms with Crippen LogP contribution in [0.2, 0.25) is 0 Å². The molecule has 0 aliphatic carbocycles. The number of unbranched alkanes of at least 4 members (excludes halogenated alkanes) is 7. The van der Waals surface area contributed by atoms with Gasteiger partial charge in [-0.15, -0.1) is 0 Å². The highest BCUT2D eigenvalue weighted by Crippen LogP contribution is 2.28. The first-order chi connectivity index (χ1) is 11.8. The van der Waals surface area contributed by atoms with E-state index >= 15 is 0 Å². The Bertz CT molecular complexity index is 484. The van der Waals surface area contributed by atoms with Crippen LogP contribution in [-0.4, -0.2) is 46.0 Å². The minimum atomic E-state index is -0.949. The van der Waals surface area contributed by atoms with E-state index in [9.17, 15) is 19.8 Å². The zero-order valence-electron chi connectivity index (χ0n) is 16.3. The van der Waals surface area contributed by atoms with Crippen LogP contribution >= 0.6 is 0 Å². The summed E-state index contributed by atoms with van der Waals surface area (Å²) >= 11 is 0. The molecular weight excluding hydrogens is 318 g/mol. The van der Waals surface area contributed by atoms with E-state index < -0.39 is 23.8 Å². The molecule has 2 N–H and O–H groups in total. The summed E-state index contributed by atoms with van der Waals surface area (Å²) in [5.74, 6) is -1.30. The van der Waals surface area contributed by atoms with Gasteiger partial charge in [-0.05, 0) is 13.3 Å². The van der Waals surface area contributed by atoms with E-state index in [1.54, 1.807) is 0 Å². The van der Waals surface area contributed by atoms with Gasteiger partial charge < -0.3 is 15.1 Å². The van der Waals surface area contributed by atoms with Gasteiger partial charge in [-0.3, -0.25) is 9.59 Å². The Balaban J connectivity index is 2.49. The van der Waals surface area contributed by atoms with Crippen molar-refractivity contribution in [2.24, 2.45) is 5.92 Å². The fraction of sp³-hybridized carbons (Fsp3) is 0.800. The minimum Gasteiger partial charge on any atom is -0.511 e. The van der Waals surface area contributed by atoms with Gasteiger partial charge in [0, 0.05) is 13.0 Å². The molecule has 25 heavy (non-hydrogen) atoms. The van der Waals surface area contributed by atoms with Gasteiger partial charge in [0.05, 0.1) is 6.10 Å². The second-order valence-corrected chi connectivity index (χ2v) is 7.39. The Morgan fingerprint density at radius 1 is 1.04 bits per heavy atom. The summed E-state index contributed by atoms with van der Waals surface area (Å²) in [6.07, 6.45) is 9.50. The number of carbonyl (C=O) groups is 2. The highest BCUT2D eigenvalue weighted by atomic mass is 16.3.